The van der Waals surface area contributed by atoms with Crippen molar-refractivity contribution in [1.29, 1.82) is 0 Å². The number of nitrogens with zero attached hydrogens (tertiary/aromatic N) is 1. The first-order valence-electron chi connectivity index (χ1n) is 10.6. The van der Waals surface area contributed by atoms with Gasteiger partial charge >= 0.3 is 0 Å². The standard InChI is InChI=1S/C26H23FN2O4/c1-3-32-19-14-12-17(13-15-19)23-24(28-18-8-7-9-20(16-18)33-4-2)26(31)29(25(23)30)22-11-6-5-10-21(22)27/h5-16,28H,3-4H2,1-2H3. The highest BCUT2D eigenvalue weighted by atomic mass is 19.1. The lowest BCUT2D eigenvalue weighted by molar-refractivity contribution is -0.120. The van der Waals surface area contributed by atoms with Crippen molar-refractivity contribution in [3.63, 3.8) is 0 Å². The van der Waals surface area contributed by atoms with Crippen LogP contribution in [-0.2, 0) is 9.59 Å². The second-order valence-electron chi connectivity index (χ2n) is 7.19. The number of rotatable bonds is 8. The molecule has 0 unspecified atom stereocenters. The molecule has 0 fully saturated rings. The van der Waals surface area contributed by atoms with Crippen molar-refractivity contribution in [2.45, 2.75) is 13.8 Å². The molecule has 2 amide bonds. The van der Waals surface area contributed by atoms with E-state index < -0.39 is 17.6 Å². The molecule has 3 aromatic carbocycles. The van der Waals surface area contributed by atoms with Crippen LogP contribution < -0.4 is 19.7 Å². The van der Waals surface area contributed by atoms with E-state index >= 15 is 0 Å². The fourth-order valence-electron chi connectivity index (χ4n) is 3.62. The summed E-state index contributed by atoms with van der Waals surface area (Å²) in [7, 11) is 0. The van der Waals surface area contributed by atoms with Gasteiger partial charge in [0.1, 0.15) is 23.0 Å². The van der Waals surface area contributed by atoms with Gasteiger partial charge in [0.05, 0.1) is 24.5 Å². The second-order valence-corrected chi connectivity index (χ2v) is 7.19. The smallest absolute Gasteiger partial charge is 0.282 e. The number of amides is 2. The van der Waals surface area contributed by atoms with Crippen molar-refractivity contribution in [2.24, 2.45) is 0 Å². The predicted molar refractivity (Wildman–Crippen MR) is 125 cm³/mol. The van der Waals surface area contributed by atoms with Crippen molar-refractivity contribution < 1.29 is 23.5 Å². The number of halogens is 1. The molecule has 1 aliphatic rings. The Morgan fingerprint density at radius 3 is 2.21 bits per heavy atom. The Balaban J connectivity index is 1.79. The summed E-state index contributed by atoms with van der Waals surface area (Å²) in [5.74, 6) is -0.657. The SMILES string of the molecule is CCOc1ccc(C2=C(Nc3cccc(OCC)c3)C(=O)N(c3ccccc3F)C2=O)cc1. The number of anilines is 2. The Hall–Kier alpha value is -4.13. The third kappa shape index (κ3) is 4.43. The van der Waals surface area contributed by atoms with E-state index in [1.54, 1.807) is 54.6 Å². The van der Waals surface area contributed by atoms with Gasteiger partial charge in [0.15, 0.2) is 0 Å². The van der Waals surface area contributed by atoms with E-state index in [0.29, 0.717) is 36.0 Å². The summed E-state index contributed by atoms with van der Waals surface area (Å²) in [6.45, 7) is 4.74. The van der Waals surface area contributed by atoms with Gasteiger partial charge in [0.25, 0.3) is 11.8 Å². The maximum Gasteiger partial charge on any atom is 0.282 e. The third-order valence-corrected chi connectivity index (χ3v) is 5.05. The minimum absolute atomic E-state index is 0.0565. The maximum atomic E-state index is 14.5. The number of ether oxygens (including phenoxy) is 2. The van der Waals surface area contributed by atoms with Crippen LogP contribution in [-0.4, -0.2) is 25.0 Å². The lowest BCUT2D eigenvalue weighted by atomic mass is 10.0. The summed E-state index contributed by atoms with van der Waals surface area (Å²) in [6.07, 6.45) is 0. The summed E-state index contributed by atoms with van der Waals surface area (Å²) < 4.78 is 25.5. The normalized spacial score (nSPS) is 13.5. The molecular formula is C26H23FN2O4. The molecule has 0 aromatic heterocycles. The number of imide groups is 1. The van der Waals surface area contributed by atoms with E-state index in [1.165, 1.54) is 18.2 Å². The zero-order valence-electron chi connectivity index (χ0n) is 18.3. The third-order valence-electron chi connectivity index (χ3n) is 5.05. The van der Waals surface area contributed by atoms with Crippen LogP contribution in [0.15, 0.2) is 78.5 Å². The largest absolute Gasteiger partial charge is 0.494 e. The van der Waals surface area contributed by atoms with Crippen molar-refractivity contribution in [2.75, 3.05) is 23.4 Å². The van der Waals surface area contributed by atoms with Crippen LogP contribution in [0.2, 0.25) is 0 Å². The minimum Gasteiger partial charge on any atom is -0.494 e. The quantitative estimate of drug-likeness (QED) is 0.492. The number of carbonyl (C=O) groups excluding carboxylic acids is 2. The molecule has 168 valence electrons. The van der Waals surface area contributed by atoms with Crippen LogP contribution in [0, 0.1) is 5.82 Å². The van der Waals surface area contributed by atoms with E-state index in [2.05, 4.69) is 5.32 Å². The molecule has 3 aromatic rings. The highest BCUT2D eigenvalue weighted by Crippen LogP contribution is 2.35. The Morgan fingerprint density at radius 2 is 1.52 bits per heavy atom. The van der Waals surface area contributed by atoms with E-state index in [1.807, 2.05) is 13.8 Å². The Labute approximate surface area is 191 Å². The predicted octanol–water partition coefficient (Wildman–Crippen LogP) is 5.02. The van der Waals surface area contributed by atoms with Crippen LogP contribution in [0.25, 0.3) is 5.57 Å². The van der Waals surface area contributed by atoms with E-state index in [-0.39, 0.29) is 17.0 Å². The monoisotopic (exact) mass is 446 g/mol. The summed E-state index contributed by atoms with van der Waals surface area (Å²) in [6, 6.07) is 19.6. The molecule has 0 radical (unpaired) electrons. The highest BCUT2D eigenvalue weighted by Gasteiger charge is 2.41. The minimum atomic E-state index is -0.662. The lowest BCUT2D eigenvalue weighted by Gasteiger charge is -2.16. The summed E-state index contributed by atoms with van der Waals surface area (Å²) >= 11 is 0. The van der Waals surface area contributed by atoms with E-state index in [4.69, 9.17) is 9.47 Å². The summed E-state index contributed by atoms with van der Waals surface area (Å²) in [5, 5.41) is 3.06. The fraction of sp³-hybridized carbons (Fsp3) is 0.154. The molecule has 33 heavy (non-hydrogen) atoms. The number of hydrogen-bond acceptors (Lipinski definition) is 5. The number of hydrogen-bond donors (Lipinski definition) is 1. The zero-order valence-corrected chi connectivity index (χ0v) is 18.3. The van der Waals surface area contributed by atoms with Crippen LogP contribution in [0.4, 0.5) is 15.8 Å². The molecule has 6 nitrogen and oxygen atoms in total. The molecule has 4 rings (SSSR count). The van der Waals surface area contributed by atoms with Gasteiger partial charge in [-0.2, -0.15) is 0 Å². The molecule has 1 N–H and O–H groups in total. The Kier molecular flexibility index (Phi) is 6.40. The Morgan fingerprint density at radius 1 is 0.818 bits per heavy atom. The van der Waals surface area contributed by atoms with Gasteiger partial charge in [-0.1, -0.05) is 30.3 Å². The summed E-state index contributed by atoms with van der Waals surface area (Å²) in [4.78, 5) is 27.7. The second kappa shape index (κ2) is 9.56. The molecule has 1 heterocycles. The molecule has 0 aliphatic carbocycles. The van der Waals surface area contributed by atoms with Crippen LogP contribution in [0.3, 0.4) is 0 Å². The van der Waals surface area contributed by atoms with Crippen molar-refractivity contribution in [3.8, 4) is 11.5 Å². The number of para-hydroxylation sites is 1. The number of nitrogens with one attached hydrogen (secondary N) is 1. The first-order chi connectivity index (χ1) is 16.0. The Bertz CT molecular complexity index is 1220. The fourth-order valence-corrected chi connectivity index (χ4v) is 3.62. The van der Waals surface area contributed by atoms with Gasteiger partial charge in [0, 0.05) is 11.8 Å². The summed E-state index contributed by atoms with van der Waals surface area (Å²) in [5.41, 5.74) is 1.18. The lowest BCUT2D eigenvalue weighted by Crippen LogP contribution is -2.33. The van der Waals surface area contributed by atoms with Gasteiger partial charge in [-0.05, 0) is 55.8 Å². The van der Waals surface area contributed by atoms with Gasteiger partial charge in [-0.15, -0.1) is 0 Å². The van der Waals surface area contributed by atoms with Crippen molar-refractivity contribution in [3.05, 3.63) is 89.9 Å². The molecule has 0 bridgehead atoms. The molecule has 1 aliphatic heterocycles. The van der Waals surface area contributed by atoms with Gasteiger partial charge in [-0.3, -0.25) is 9.59 Å². The number of benzene rings is 3. The number of carbonyl (C=O) groups is 2. The van der Waals surface area contributed by atoms with Gasteiger partial charge in [0.2, 0.25) is 0 Å². The van der Waals surface area contributed by atoms with E-state index in [9.17, 15) is 14.0 Å². The van der Waals surface area contributed by atoms with Gasteiger partial charge < -0.3 is 14.8 Å². The molecular weight excluding hydrogens is 423 g/mol. The average Bonchev–Trinajstić information content (AvgIpc) is 3.05. The average molecular weight is 446 g/mol. The molecule has 7 heteroatoms. The van der Waals surface area contributed by atoms with Crippen LogP contribution >= 0.6 is 0 Å². The molecule has 0 saturated carbocycles. The first-order valence-corrected chi connectivity index (χ1v) is 10.6. The van der Waals surface area contributed by atoms with Crippen LogP contribution in [0.1, 0.15) is 19.4 Å². The van der Waals surface area contributed by atoms with Crippen molar-refractivity contribution in [1.82, 2.24) is 0 Å². The van der Waals surface area contributed by atoms with E-state index in [0.717, 1.165) is 4.90 Å². The van der Waals surface area contributed by atoms with Gasteiger partial charge in [-0.25, -0.2) is 9.29 Å². The first kappa shape index (κ1) is 22.1. The topological polar surface area (TPSA) is 67.9 Å². The molecule has 0 atom stereocenters. The molecule has 0 saturated heterocycles. The zero-order chi connectivity index (χ0) is 23.4. The van der Waals surface area contributed by atoms with Crippen LogP contribution in [0.5, 0.6) is 11.5 Å². The highest BCUT2D eigenvalue weighted by molar-refractivity contribution is 6.46. The maximum absolute atomic E-state index is 14.5. The molecule has 0 spiro atoms. The van der Waals surface area contributed by atoms with Crippen molar-refractivity contribution >= 4 is 28.8 Å².